The molecule has 1 fully saturated rings. The van der Waals surface area contributed by atoms with Crippen molar-refractivity contribution in [3.05, 3.63) is 28.8 Å². The van der Waals surface area contributed by atoms with Gasteiger partial charge >= 0.3 is 0 Å². The molecule has 0 bridgehead atoms. The molecule has 0 saturated carbocycles. The van der Waals surface area contributed by atoms with Gasteiger partial charge in [-0.15, -0.1) is 0 Å². The van der Waals surface area contributed by atoms with E-state index in [1.165, 1.54) is 6.92 Å². The normalized spacial score (nSPS) is 15.5. The van der Waals surface area contributed by atoms with Crippen LogP contribution in [0.5, 0.6) is 0 Å². The third-order valence-corrected chi connectivity index (χ3v) is 3.56. The van der Waals surface area contributed by atoms with Crippen LogP contribution in [0, 0.1) is 0 Å². The van der Waals surface area contributed by atoms with Gasteiger partial charge in [-0.2, -0.15) is 0 Å². The summed E-state index contributed by atoms with van der Waals surface area (Å²) in [5, 5.41) is 0.396. The molecule has 1 heterocycles. The third-order valence-electron chi connectivity index (χ3n) is 3.23. The summed E-state index contributed by atoms with van der Waals surface area (Å²) in [7, 11) is 0. The number of benzene rings is 1. The maximum atomic E-state index is 12.3. The van der Waals surface area contributed by atoms with Crippen LogP contribution < -0.4 is 5.73 Å². The van der Waals surface area contributed by atoms with E-state index in [9.17, 15) is 9.59 Å². The summed E-state index contributed by atoms with van der Waals surface area (Å²) in [5.41, 5.74) is 6.60. The minimum absolute atomic E-state index is 0.0362. The Labute approximate surface area is 116 Å². The number of nitrogen functional groups attached to an aromatic ring is 1. The number of halogens is 1. The number of hydrogen-bond acceptors (Lipinski definition) is 3. The van der Waals surface area contributed by atoms with Crippen molar-refractivity contribution in [3.63, 3.8) is 0 Å². The highest BCUT2D eigenvalue weighted by Gasteiger charge is 2.24. The summed E-state index contributed by atoms with van der Waals surface area (Å²) in [6.07, 6.45) is 0. The van der Waals surface area contributed by atoms with Crippen LogP contribution in [0.3, 0.4) is 0 Å². The van der Waals surface area contributed by atoms with Crippen molar-refractivity contribution in [2.24, 2.45) is 0 Å². The fraction of sp³-hybridized carbons (Fsp3) is 0.385. The number of amides is 2. The molecule has 2 rings (SSSR count). The predicted molar refractivity (Wildman–Crippen MR) is 74.0 cm³/mol. The maximum absolute atomic E-state index is 12.3. The van der Waals surface area contributed by atoms with Gasteiger partial charge in [0.25, 0.3) is 5.91 Å². The van der Waals surface area contributed by atoms with Gasteiger partial charge in [0.1, 0.15) is 0 Å². The zero-order valence-electron chi connectivity index (χ0n) is 10.7. The highest BCUT2D eigenvalue weighted by Crippen LogP contribution is 2.21. The van der Waals surface area contributed by atoms with Crippen LogP contribution in [0.15, 0.2) is 18.2 Å². The number of nitrogens with zero attached hydrogens (tertiary/aromatic N) is 2. The van der Waals surface area contributed by atoms with Gasteiger partial charge in [0, 0.05) is 38.8 Å². The molecule has 2 amide bonds. The molecule has 0 aliphatic carbocycles. The van der Waals surface area contributed by atoms with E-state index in [0.717, 1.165) is 0 Å². The first-order valence-corrected chi connectivity index (χ1v) is 6.46. The van der Waals surface area contributed by atoms with E-state index < -0.39 is 0 Å². The van der Waals surface area contributed by atoms with Crippen molar-refractivity contribution in [1.82, 2.24) is 9.80 Å². The average Bonchev–Trinajstić information content (AvgIpc) is 2.41. The molecule has 1 aliphatic rings. The van der Waals surface area contributed by atoms with Crippen molar-refractivity contribution in [2.75, 3.05) is 31.9 Å². The first-order chi connectivity index (χ1) is 8.99. The van der Waals surface area contributed by atoms with Crippen LogP contribution in [0.25, 0.3) is 0 Å². The van der Waals surface area contributed by atoms with Crippen LogP contribution in [0.1, 0.15) is 17.3 Å². The molecule has 1 aromatic rings. The summed E-state index contributed by atoms with van der Waals surface area (Å²) in [6, 6.07) is 4.87. The SMILES string of the molecule is CC(=O)N1CCN(C(=O)c2cc(N)ccc2Cl)CC1. The van der Waals surface area contributed by atoms with Crippen LogP contribution >= 0.6 is 11.6 Å². The van der Waals surface area contributed by atoms with Crippen molar-refractivity contribution in [2.45, 2.75) is 6.92 Å². The van der Waals surface area contributed by atoms with Crippen molar-refractivity contribution < 1.29 is 9.59 Å². The van der Waals surface area contributed by atoms with Gasteiger partial charge in [0.05, 0.1) is 10.6 Å². The van der Waals surface area contributed by atoms with E-state index in [-0.39, 0.29) is 11.8 Å². The Bertz CT molecular complexity index is 511. The van der Waals surface area contributed by atoms with Crippen molar-refractivity contribution in [3.8, 4) is 0 Å². The zero-order chi connectivity index (χ0) is 14.0. The molecule has 0 atom stereocenters. The van der Waals surface area contributed by atoms with Gasteiger partial charge in [0.15, 0.2) is 0 Å². The van der Waals surface area contributed by atoms with Gasteiger partial charge in [-0.3, -0.25) is 9.59 Å². The second kappa shape index (κ2) is 5.48. The summed E-state index contributed by atoms with van der Waals surface area (Å²) < 4.78 is 0. The van der Waals surface area contributed by atoms with Gasteiger partial charge in [0.2, 0.25) is 5.91 Å². The lowest BCUT2D eigenvalue weighted by atomic mass is 10.1. The third kappa shape index (κ3) is 2.98. The molecule has 1 aliphatic heterocycles. The predicted octanol–water partition coefficient (Wildman–Crippen LogP) is 1.23. The van der Waals surface area contributed by atoms with Gasteiger partial charge < -0.3 is 15.5 Å². The molecule has 1 saturated heterocycles. The van der Waals surface area contributed by atoms with Crippen LogP contribution in [-0.2, 0) is 4.79 Å². The molecule has 102 valence electrons. The van der Waals surface area contributed by atoms with Gasteiger partial charge in [-0.1, -0.05) is 11.6 Å². The molecular weight excluding hydrogens is 266 g/mol. The first-order valence-electron chi connectivity index (χ1n) is 6.09. The Morgan fingerprint density at radius 2 is 1.74 bits per heavy atom. The van der Waals surface area contributed by atoms with Crippen LogP contribution in [-0.4, -0.2) is 47.8 Å². The smallest absolute Gasteiger partial charge is 0.255 e. The molecule has 6 heteroatoms. The maximum Gasteiger partial charge on any atom is 0.255 e. The highest BCUT2D eigenvalue weighted by molar-refractivity contribution is 6.34. The lowest BCUT2D eigenvalue weighted by molar-refractivity contribution is -0.130. The number of piperazine rings is 1. The quantitative estimate of drug-likeness (QED) is 0.787. The Hall–Kier alpha value is -1.75. The van der Waals surface area contributed by atoms with E-state index in [0.29, 0.717) is 42.5 Å². The van der Waals surface area contributed by atoms with Gasteiger partial charge in [-0.05, 0) is 18.2 Å². The number of carbonyl (C=O) groups is 2. The number of anilines is 1. The second-order valence-electron chi connectivity index (χ2n) is 4.54. The Morgan fingerprint density at radius 3 is 2.32 bits per heavy atom. The lowest BCUT2D eigenvalue weighted by Crippen LogP contribution is -2.50. The van der Waals surface area contributed by atoms with E-state index in [1.54, 1.807) is 28.0 Å². The van der Waals surface area contributed by atoms with E-state index in [4.69, 9.17) is 17.3 Å². The zero-order valence-corrected chi connectivity index (χ0v) is 11.5. The fourth-order valence-corrected chi connectivity index (χ4v) is 2.30. The molecule has 0 unspecified atom stereocenters. The minimum Gasteiger partial charge on any atom is -0.399 e. The molecule has 0 spiro atoms. The molecule has 0 aromatic heterocycles. The van der Waals surface area contributed by atoms with E-state index in [2.05, 4.69) is 0 Å². The number of carbonyl (C=O) groups excluding carboxylic acids is 2. The number of hydrogen-bond donors (Lipinski definition) is 1. The molecule has 0 radical (unpaired) electrons. The first kappa shape index (κ1) is 13.7. The summed E-state index contributed by atoms with van der Waals surface area (Å²) in [6.45, 7) is 3.68. The summed E-state index contributed by atoms with van der Waals surface area (Å²) in [4.78, 5) is 27.0. The number of rotatable bonds is 1. The monoisotopic (exact) mass is 281 g/mol. The Kier molecular flexibility index (Phi) is 3.95. The summed E-state index contributed by atoms with van der Waals surface area (Å²) in [5.74, 6) is -0.102. The largest absolute Gasteiger partial charge is 0.399 e. The molecular formula is C13H16ClN3O2. The second-order valence-corrected chi connectivity index (χ2v) is 4.94. The lowest BCUT2D eigenvalue weighted by Gasteiger charge is -2.34. The molecule has 5 nitrogen and oxygen atoms in total. The van der Waals surface area contributed by atoms with E-state index in [1.807, 2.05) is 0 Å². The topological polar surface area (TPSA) is 66.6 Å². The van der Waals surface area contributed by atoms with Crippen molar-refractivity contribution >= 4 is 29.1 Å². The Balaban J connectivity index is 2.09. The standard InChI is InChI=1S/C13H16ClN3O2/c1-9(18)16-4-6-17(7-5-16)13(19)11-8-10(15)2-3-12(11)14/h2-3,8H,4-7,15H2,1H3. The van der Waals surface area contributed by atoms with E-state index >= 15 is 0 Å². The highest BCUT2D eigenvalue weighted by atomic mass is 35.5. The van der Waals surface area contributed by atoms with Gasteiger partial charge in [-0.25, -0.2) is 0 Å². The summed E-state index contributed by atoms with van der Waals surface area (Å²) >= 11 is 6.02. The fourth-order valence-electron chi connectivity index (χ4n) is 2.10. The number of nitrogens with two attached hydrogens (primary N) is 1. The molecule has 19 heavy (non-hydrogen) atoms. The minimum atomic E-state index is -0.138. The Morgan fingerprint density at radius 1 is 1.16 bits per heavy atom. The molecule has 2 N–H and O–H groups in total. The molecule has 1 aromatic carbocycles. The van der Waals surface area contributed by atoms with Crippen LogP contribution in [0.2, 0.25) is 5.02 Å². The average molecular weight is 282 g/mol. The van der Waals surface area contributed by atoms with Crippen molar-refractivity contribution in [1.29, 1.82) is 0 Å². The van der Waals surface area contributed by atoms with Crippen LogP contribution in [0.4, 0.5) is 5.69 Å².